The minimum absolute atomic E-state index is 0.202. The van der Waals surface area contributed by atoms with Gasteiger partial charge in [-0.2, -0.15) is 0 Å². The summed E-state index contributed by atoms with van der Waals surface area (Å²) in [7, 11) is 0. The summed E-state index contributed by atoms with van der Waals surface area (Å²) in [5.41, 5.74) is 0. The van der Waals surface area contributed by atoms with E-state index in [1.807, 2.05) is 0 Å². The van der Waals surface area contributed by atoms with Crippen molar-refractivity contribution in [3.05, 3.63) is 0 Å². The van der Waals surface area contributed by atoms with E-state index >= 15 is 0 Å². The first-order valence-electron chi connectivity index (χ1n) is 11.5. The molecule has 8 heteroatoms. The molecule has 1 aliphatic rings. The summed E-state index contributed by atoms with van der Waals surface area (Å²) in [4.78, 5) is 23.6. The minimum Gasteiger partial charge on any atom is -0.457 e. The van der Waals surface area contributed by atoms with E-state index in [4.69, 9.17) is 9.47 Å². The second-order valence-corrected chi connectivity index (χ2v) is 8.20. The number of rotatable bonds is 15. The first kappa shape index (κ1) is 26.8. The van der Waals surface area contributed by atoms with Crippen LogP contribution in [0.3, 0.4) is 0 Å². The Balaban J connectivity index is 2.28. The monoisotopic (exact) mass is 431 g/mol. The number of aliphatic hydroxyl groups excluding tert-OH is 3. The summed E-state index contributed by atoms with van der Waals surface area (Å²) < 4.78 is 10.5. The van der Waals surface area contributed by atoms with Gasteiger partial charge in [-0.1, -0.05) is 71.1 Å². The highest BCUT2D eigenvalue weighted by molar-refractivity contribution is 5.73. The lowest BCUT2D eigenvalue weighted by Gasteiger charge is -2.41. The Morgan fingerprint density at radius 3 is 1.97 bits per heavy atom. The van der Waals surface area contributed by atoms with Gasteiger partial charge in [-0.15, -0.1) is 0 Å². The fourth-order valence-corrected chi connectivity index (χ4v) is 3.76. The molecule has 1 amide bonds. The highest BCUT2D eigenvalue weighted by Crippen LogP contribution is 2.23. The van der Waals surface area contributed by atoms with Gasteiger partial charge in [0.25, 0.3) is 0 Å². The second kappa shape index (κ2) is 15.6. The average Bonchev–Trinajstić information content (AvgIpc) is 2.71. The molecule has 0 bridgehead atoms. The maximum Gasteiger partial charge on any atom is 0.306 e. The van der Waals surface area contributed by atoms with Crippen LogP contribution in [0, 0.1) is 0 Å². The standard InChI is InChI=1S/C22H41NO7/c1-3-4-5-6-7-8-9-10-11-12-13-14-18(26)30-21-19(23-16(2)25)22(28)29-17(15-24)20(21)27/h17,19-22,24,27-28H,3-15H2,1-2H3,(H,23,25)/t17-,19-,20+,21+,22+/m0/s1. The third-order valence-corrected chi connectivity index (χ3v) is 5.49. The lowest BCUT2D eigenvalue weighted by Crippen LogP contribution is -2.65. The summed E-state index contributed by atoms with van der Waals surface area (Å²) in [5.74, 6) is -0.958. The van der Waals surface area contributed by atoms with Crippen molar-refractivity contribution in [2.24, 2.45) is 0 Å². The molecule has 0 unspecified atom stereocenters. The number of ether oxygens (including phenoxy) is 2. The molecular weight excluding hydrogens is 390 g/mol. The third-order valence-electron chi connectivity index (χ3n) is 5.49. The summed E-state index contributed by atoms with van der Waals surface area (Å²) in [6.07, 6.45) is 7.98. The van der Waals surface area contributed by atoms with E-state index in [0.29, 0.717) is 6.42 Å². The molecule has 8 nitrogen and oxygen atoms in total. The van der Waals surface area contributed by atoms with Crippen molar-refractivity contribution in [2.45, 2.75) is 122 Å². The number of hydrogen-bond acceptors (Lipinski definition) is 7. The van der Waals surface area contributed by atoms with Crippen LogP contribution in [0.15, 0.2) is 0 Å². The molecule has 0 aromatic carbocycles. The Labute approximate surface area is 180 Å². The highest BCUT2D eigenvalue weighted by Gasteiger charge is 2.47. The van der Waals surface area contributed by atoms with Crippen molar-refractivity contribution in [3.8, 4) is 0 Å². The van der Waals surface area contributed by atoms with E-state index in [1.165, 1.54) is 51.9 Å². The van der Waals surface area contributed by atoms with E-state index in [1.54, 1.807) is 0 Å². The molecule has 1 rings (SSSR count). The number of aliphatic hydroxyl groups is 3. The van der Waals surface area contributed by atoms with Gasteiger partial charge in [-0.25, -0.2) is 0 Å². The number of unbranched alkanes of at least 4 members (excludes halogenated alkanes) is 10. The van der Waals surface area contributed by atoms with Gasteiger partial charge in [0.05, 0.1) is 6.61 Å². The third kappa shape index (κ3) is 10.2. The maximum absolute atomic E-state index is 12.2. The molecule has 1 heterocycles. The molecular formula is C22H41NO7. The lowest BCUT2D eigenvalue weighted by atomic mass is 9.96. The molecule has 30 heavy (non-hydrogen) atoms. The lowest BCUT2D eigenvalue weighted by molar-refractivity contribution is -0.258. The molecule has 1 saturated heterocycles. The van der Waals surface area contributed by atoms with Crippen LogP contribution in [0.25, 0.3) is 0 Å². The maximum atomic E-state index is 12.2. The van der Waals surface area contributed by atoms with Crippen LogP contribution in [0.1, 0.15) is 90.9 Å². The zero-order valence-corrected chi connectivity index (χ0v) is 18.6. The molecule has 0 aromatic heterocycles. The molecule has 0 aliphatic carbocycles. The van der Waals surface area contributed by atoms with Crippen molar-refractivity contribution in [2.75, 3.05) is 6.61 Å². The number of hydrogen-bond donors (Lipinski definition) is 4. The van der Waals surface area contributed by atoms with Crippen LogP contribution in [0.5, 0.6) is 0 Å². The molecule has 0 aromatic rings. The Bertz CT molecular complexity index is 488. The number of esters is 1. The summed E-state index contributed by atoms with van der Waals surface area (Å²) in [6.45, 7) is 2.93. The van der Waals surface area contributed by atoms with E-state index in [0.717, 1.165) is 19.3 Å². The minimum atomic E-state index is -1.49. The molecule has 0 spiro atoms. The molecule has 1 aliphatic heterocycles. The largest absolute Gasteiger partial charge is 0.457 e. The molecule has 0 radical (unpaired) electrons. The summed E-state index contributed by atoms with van der Waals surface area (Å²) in [5, 5.41) is 32.1. The van der Waals surface area contributed by atoms with Gasteiger partial charge in [0, 0.05) is 13.3 Å². The van der Waals surface area contributed by atoms with Crippen LogP contribution in [0.4, 0.5) is 0 Å². The SMILES string of the molecule is CCCCCCCCCCCCCC(=O)O[C@H]1[C@H](O)[C@H](CO)O[C@@H](O)[C@H]1NC(C)=O. The number of carbonyl (C=O) groups is 2. The topological polar surface area (TPSA) is 125 Å². The Morgan fingerprint density at radius 2 is 1.47 bits per heavy atom. The fourth-order valence-electron chi connectivity index (χ4n) is 3.76. The van der Waals surface area contributed by atoms with E-state index in [-0.39, 0.29) is 6.42 Å². The Morgan fingerprint density at radius 1 is 0.933 bits per heavy atom. The van der Waals surface area contributed by atoms with Gasteiger partial charge in [0.15, 0.2) is 12.4 Å². The van der Waals surface area contributed by atoms with Gasteiger partial charge in [0.1, 0.15) is 18.2 Å². The van der Waals surface area contributed by atoms with Crippen LogP contribution in [-0.4, -0.2) is 64.4 Å². The van der Waals surface area contributed by atoms with Crippen LogP contribution >= 0.6 is 0 Å². The number of carbonyl (C=O) groups excluding carboxylic acids is 2. The molecule has 5 atom stereocenters. The van der Waals surface area contributed by atoms with Crippen LogP contribution < -0.4 is 5.32 Å². The Hall–Kier alpha value is -1.22. The summed E-state index contributed by atoms with van der Waals surface area (Å²) in [6, 6.07) is -1.10. The number of amides is 1. The van der Waals surface area contributed by atoms with Crippen molar-refractivity contribution in [1.29, 1.82) is 0 Å². The summed E-state index contributed by atoms with van der Waals surface area (Å²) >= 11 is 0. The van der Waals surface area contributed by atoms with E-state index in [9.17, 15) is 24.9 Å². The second-order valence-electron chi connectivity index (χ2n) is 8.20. The zero-order valence-electron chi connectivity index (χ0n) is 18.6. The van der Waals surface area contributed by atoms with E-state index in [2.05, 4.69) is 12.2 Å². The predicted molar refractivity (Wildman–Crippen MR) is 113 cm³/mol. The highest BCUT2D eigenvalue weighted by atomic mass is 16.6. The van der Waals surface area contributed by atoms with Crippen LogP contribution in [0.2, 0.25) is 0 Å². The van der Waals surface area contributed by atoms with Crippen molar-refractivity contribution >= 4 is 11.9 Å². The molecule has 1 fully saturated rings. The zero-order chi connectivity index (χ0) is 22.4. The Kier molecular flexibility index (Phi) is 13.9. The van der Waals surface area contributed by atoms with Gasteiger partial charge < -0.3 is 30.1 Å². The van der Waals surface area contributed by atoms with Gasteiger partial charge in [-0.3, -0.25) is 9.59 Å². The van der Waals surface area contributed by atoms with Gasteiger partial charge in [-0.05, 0) is 6.42 Å². The van der Waals surface area contributed by atoms with Crippen LogP contribution in [-0.2, 0) is 19.1 Å². The van der Waals surface area contributed by atoms with Gasteiger partial charge in [0.2, 0.25) is 5.91 Å². The van der Waals surface area contributed by atoms with Crippen molar-refractivity contribution < 1.29 is 34.4 Å². The molecule has 176 valence electrons. The normalized spacial score (nSPS) is 26.4. The predicted octanol–water partition coefficient (Wildman–Crippen LogP) is 2.17. The van der Waals surface area contributed by atoms with Gasteiger partial charge >= 0.3 is 5.97 Å². The quantitative estimate of drug-likeness (QED) is 0.231. The smallest absolute Gasteiger partial charge is 0.306 e. The van der Waals surface area contributed by atoms with Crippen molar-refractivity contribution in [3.63, 3.8) is 0 Å². The fraction of sp³-hybridized carbons (Fsp3) is 0.909. The van der Waals surface area contributed by atoms with Crippen molar-refractivity contribution in [1.82, 2.24) is 5.32 Å². The first-order valence-corrected chi connectivity index (χ1v) is 11.5. The van der Waals surface area contributed by atoms with E-state index < -0.39 is 49.1 Å². The molecule has 4 N–H and O–H groups in total. The number of nitrogens with one attached hydrogen (secondary N) is 1. The average molecular weight is 432 g/mol. The first-order chi connectivity index (χ1) is 14.4. The molecule has 0 saturated carbocycles.